The van der Waals surface area contributed by atoms with Gasteiger partial charge in [-0.25, -0.2) is 0 Å². The molecule has 3 heteroatoms. The first-order valence-electron chi connectivity index (χ1n) is 5.49. The number of nitrogens with one attached hydrogen (secondary N) is 1. The zero-order valence-electron chi connectivity index (χ0n) is 10.5. The van der Waals surface area contributed by atoms with Crippen molar-refractivity contribution >= 4 is 0 Å². The Balaban J connectivity index is 2.60. The normalized spacial score (nSPS) is 11.2. The van der Waals surface area contributed by atoms with E-state index in [1.54, 1.807) is 7.11 Å². The van der Waals surface area contributed by atoms with Crippen LogP contribution in [-0.4, -0.2) is 27.3 Å². The Kier molecular flexibility index (Phi) is 4.62. The summed E-state index contributed by atoms with van der Waals surface area (Å²) >= 11 is 0. The van der Waals surface area contributed by atoms with Gasteiger partial charge in [-0.1, -0.05) is 26.0 Å². The highest BCUT2D eigenvalue weighted by Gasteiger charge is 2.18. The van der Waals surface area contributed by atoms with E-state index in [0.717, 1.165) is 18.0 Å². The Labute approximate surface area is 97.8 Å². The van der Waals surface area contributed by atoms with Gasteiger partial charge in [-0.2, -0.15) is 0 Å². The molecule has 16 heavy (non-hydrogen) atoms. The first-order chi connectivity index (χ1) is 7.59. The molecule has 0 aliphatic carbocycles. The van der Waals surface area contributed by atoms with Crippen LogP contribution in [-0.2, 0) is 0 Å². The molecular formula is C13H21NO2. The van der Waals surface area contributed by atoms with Crippen LogP contribution in [0.1, 0.15) is 13.8 Å². The van der Waals surface area contributed by atoms with Gasteiger partial charge in [0.1, 0.15) is 0 Å². The molecule has 3 nitrogen and oxygen atoms in total. The van der Waals surface area contributed by atoms with Crippen LogP contribution in [0.25, 0.3) is 0 Å². The topological polar surface area (TPSA) is 30.5 Å². The molecule has 1 N–H and O–H groups in total. The Morgan fingerprint density at radius 3 is 2.38 bits per heavy atom. The van der Waals surface area contributed by atoms with Gasteiger partial charge in [0.15, 0.2) is 11.5 Å². The second-order valence-corrected chi connectivity index (χ2v) is 4.63. The highest BCUT2D eigenvalue weighted by Crippen LogP contribution is 2.27. The molecule has 0 aliphatic rings. The number of benzene rings is 1. The molecule has 0 aromatic heterocycles. The van der Waals surface area contributed by atoms with Crippen molar-refractivity contribution in [2.24, 2.45) is 5.41 Å². The van der Waals surface area contributed by atoms with Crippen molar-refractivity contribution < 1.29 is 9.47 Å². The van der Waals surface area contributed by atoms with Gasteiger partial charge in [0.25, 0.3) is 0 Å². The third kappa shape index (κ3) is 3.74. The van der Waals surface area contributed by atoms with E-state index in [1.165, 1.54) is 0 Å². The second kappa shape index (κ2) is 5.75. The molecule has 0 spiro atoms. The van der Waals surface area contributed by atoms with Crippen LogP contribution in [0.3, 0.4) is 0 Å². The molecule has 1 rings (SSSR count). The third-order valence-corrected chi connectivity index (χ3v) is 2.34. The summed E-state index contributed by atoms with van der Waals surface area (Å²) in [6.07, 6.45) is 0. The molecule has 0 aliphatic heterocycles. The Bertz CT molecular complexity index is 323. The van der Waals surface area contributed by atoms with E-state index >= 15 is 0 Å². The lowest BCUT2D eigenvalue weighted by molar-refractivity contribution is 0.174. The molecule has 0 saturated carbocycles. The quantitative estimate of drug-likeness (QED) is 0.803. The van der Waals surface area contributed by atoms with Gasteiger partial charge in [-0.05, 0) is 19.2 Å². The molecule has 1 aromatic rings. The van der Waals surface area contributed by atoms with Gasteiger partial charge < -0.3 is 14.8 Å². The molecule has 0 heterocycles. The molecule has 0 saturated heterocycles. The highest BCUT2D eigenvalue weighted by molar-refractivity contribution is 5.39. The number of rotatable bonds is 6. The second-order valence-electron chi connectivity index (χ2n) is 4.63. The lowest BCUT2D eigenvalue weighted by Gasteiger charge is -2.24. The maximum absolute atomic E-state index is 5.78. The fraction of sp³-hybridized carbons (Fsp3) is 0.538. The first-order valence-corrected chi connectivity index (χ1v) is 5.49. The van der Waals surface area contributed by atoms with E-state index in [0.29, 0.717) is 6.61 Å². The van der Waals surface area contributed by atoms with Crippen molar-refractivity contribution in [3.63, 3.8) is 0 Å². The third-order valence-electron chi connectivity index (χ3n) is 2.34. The molecular weight excluding hydrogens is 202 g/mol. The molecule has 0 radical (unpaired) electrons. The van der Waals surface area contributed by atoms with E-state index in [2.05, 4.69) is 19.2 Å². The lowest BCUT2D eigenvalue weighted by Crippen LogP contribution is -2.32. The van der Waals surface area contributed by atoms with Crippen LogP contribution in [0.2, 0.25) is 0 Å². The minimum atomic E-state index is 0.107. The van der Waals surface area contributed by atoms with Gasteiger partial charge in [0.05, 0.1) is 13.7 Å². The maximum Gasteiger partial charge on any atom is 0.161 e. The molecule has 0 bridgehead atoms. The summed E-state index contributed by atoms with van der Waals surface area (Å²) in [5.74, 6) is 1.58. The predicted molar refractivity (Wildman–Crippen MR) is 66.2 cm³/mol. The number of hydrogen-bond acceptors (Lipinski definition) is 3. The van der Waals surface area contributed by atoms with Gasteiger partial charge in [0.2, 0.25) is 0 Å². The summed E-state index contributed by atoms with van der Waals surface area (Å²) in [5.41, 5.74) is 0.107. The summed E-state index contributed by atoms with van der Waals surface area (Å²) in [6, 6.07) is 7.71. The van der Waals surface area contributed by atoms with Crippen LogP contribution < -0.4 is 14.8 Å². The number of methoxy groups -OCH3 is 1. The zero-order valence-corrected chi connectivity index (χ0v) is 10.5. The summed E-state index contributed by atoms with van der Waals surface area (Å²) in [7, 11) is 3.60. The monoisotopic (exact) mass is 223 g/mol. The van der Waals surface area contributed by atoms with E-state index in [-0.39, 0.29) is 5.41 Å². The van der Waals surface area contributed by atoms with Crippen molar-refractivity contribution in [1.82, 2.24) is 5.32 Å². The Morgan fingerprint density at radius 2 is 1.81 bits per heavy atom. The van der Waals surface area contributed by atoms with Crippen LogP contribution in [0.15, 0.2) is 24.3 Å². The summed E-state index contributed by atoms with van der Waals surface area (Å²) in [4.78, 5) is 0. The van der Waals surface area contributed by atoms with Crippen molar-refractivity contribution in [3.05, 3.63) is 24.3 Å². The van der Waals surface area contributed by atoms with E-state index in [4.69, 9.17) is 9.47 Å². The van der Waals surface area contributed by atoms with Gasteiger partial charge in [-0.15, -0.1) is 0 Å². The smallest absolute Gasteiger partial charge is 0.161 e. The van der Waals surface area contributed by atoms with Gasteiger partial charge >= 0.3 is 0 Å². The molecule has 0 atom stereocenters. The first kappa shape index (κ1) is 12.8. The number of hydrogen-bond donors (Lipinski definition) is 1. The van der Waals surface area contributed by atoms with E-state index < -0.39 is 0 Å². The van der Waals surface area contributed by atoms with E-state index in [9.17, 15) is 0 Å². The predicted octanol–water partition coefficient (Wildman–Crippen LogP) is 2.32. The minimum Gasteiger partial charge on any atom is -0.493 e. The minimum absolute atomic E-state index is 0.107. The van der Waals surface area contributed by atoms with Crippen molar-refractivity contribution in [1.29, 1.82) is 0 Å². The fourth-order valence-electron chi connectivity index (χ4n) is 1.54. The summed E-state index contributed by atoms with van der Waals surface area (Å²) in [5, 5.41) is 3.16. The standard InChI is InChI=1S/C13H21NO2/c1-13(2,9-14-3)10-16-12-8-6-5-7-11(12)15-4/h5-8,14H,9-10H2,1-4H3. The van der Waals surface area contributed by atoms with Gasteiger partial charge in [-0.3, -0.25) is 0 Å². The van der Waals surface area contributed by atoms with Crippen LogP contribution in [0.4, 0.5) is 0 Å². The Hall–Kier alpha value is -1.22. The van der Waals surface area contributed by atoms with Crippen LogP contribution >= 0.6 is 0 Å². The molecule has 0 unspecified atom stereocenters. The van der Waals surface area contributed by atoms with Crippen LogP contribution in [0, 0.1) is 5.41 Å². The zero-order chi connectivity index (χ0) is 12.0. The average Bonchev–Trinajstić information content (AvgIpc) is 2.27. The molecule has 0 fully saturated rings. The van der Waals surface area contributed by atoms with Crippen molar-refractivity contribution in [3.8, 4) is 11.5 Å². The van der Waals surface area contributed by atoms with E-state index in [1.807, 2.05) is 31.3 Å². The highest BCUT2D eigenvalue weighted by atomic mass is 16.5. The lowest BCUT2D eigenvalue weighted by atomic mass is 9.95. The fourth-order valence-corrected chi connectivity index (χ4v) is 1.54. The Morgan fingerprint density at radius 1 is 1.19 bits per heavy atom. The summed E-state index contributed by atoms with van der Waals surface area (Å²) in [6.45, 7) is 5.91. The van der Waals surface area contributed by atoms with Crippen LogP contribution in [0.5, 0.6) is 11.5 Å². The number of para-hydroxylation sites is 2. The average molecular weight is 223 g/mol. The van der Waals surface area contributed by atoms with Crippen molar-refractivity contribution in [2.45, 2.75) is 13.8 Å². The van der Waals surface area contributed by atoms with Crippen molar-refractivity contribution in [2.75, 3.05) is 27.3 Å². The molecule has 0 amide bonds. The maximum atomic E-state index is 5.78. The SMILES string of the molecule is CNCC(C)(C)COc1ccccc1OC. The largest absolute Gasteiger partial charge is 0.493 e. The summed E-state index contributed by atoms with van der Waals surface area (Å²) < 4.78 is 11.0. The van der Waals surface area contributed by atoms with Gasteiger partial charge in [0, 0.05) is 12.0 Å². The number of ether oxygens (including phenoxy) is 2. The molecule has 1 aromatic carbocycles. The molecule has 90 valence electrons.